The number of hydrogen-bond acceptors (Lipinski definition) is 10. The average molecular weight is 621 g/mol. The van der Waals surface area contributed by atoms with Crippen molar-refractivity contribution in [3.63, 3.8) is 0 Å². The van der Waals surface area contributed by atoms with Crippen molar-refractivity contribution in [3.8, 4) is 11.5 Å². The second-order valence-electron chi connectivity index (χ2n) is 10.3. The lowest BCUT2D eigenvalue weighted by Gasteiger charge is -2.47. The number of nitrogens with zero attached hydrogens (tertiary/aromatic N) is 2. The number of rotatable bonds is 10. The van der Waals surface area contributed by atoms with E-state index in [1.54, 1.807) is 53.4 Å². The third-order valence-corrected chi connectivity index (χ3v) is 8.87. The van der Waals surface area contributed by atoms with Crippen molar-refractivity contribution in [1.82, 2.24) is 20.3 Å². The Labute approximate surface area is 254 Å². The quantitative estimate of drug-likeness (QED) is 0.242. The van der Waals surface area contributed by atoms with E-state index in [0.717, 1.165) is 5.69 Å². The van der Waals surface area contributed by atoms with Gasteiger partial charge in [0.25, 0.3) is 21.8 Å². The Bertz CT molecular complexity index is 1620. The molecule has 0 radical (unpaired) electrons. The summed E-state index contributed by atoms with van der Waals surface area (Å²) in [5, 5.41) is 4.50. The molecule has 0 spiro atoms. The van der Waals surface area contributed by atoms with Gasteiger partial charge in [-0.1, -0.05) is 30.3 Å². The van der Waals surface area contributed by atoms with Crippen LogP contribution in [-0.4, -0.2) is 69.8 Å². The normalized spacial score (nSPS) is 17.0. The highest BCUT2D eigenvalue weighted by Gasteiger charge is 2.56. The first-order valence-electron chi connectivity index (χ1n) is 14.0. The van der Waals surface area contributed by atoms with Crippen LogP contribution in [0.4, 0.5) is 10.5 Å². The van der Waals surface area contributed by atoms with E-state index in [1.807, 2.05) is 27.8 Å². The van der Waals surface area contributed by atoms with Gasteiger partial charge >= 0.3 is 6.03 Å². The Hall–Kier alpha value is -4.79. The van der Waals surface area contributed by atoms with Gasteiger partial charge in [0.15, 0.2) is 0 Å². The number of benzene rings is 3. The number of nitrogens with two attached hydrogens (primary N) is 1. The second-order valence-corrected chi connectivity index (χ2v) is 12.0. The number of para-hydroxylation sites is 1. The summed E-state index contributed by atoms with van der Waals surface area (Å²) in [4.78, 5) is 54.5. The maximum atomic E-state index is 13.5. The van der Waals surface area contributed by atoms with Gasteiger partial charge in [0.2, 0.25) is 11.4 Å². The van der Waals surface area contributed by atoms with Gasteiger partial charge in [-0.3, -0.25) is 29.9 Å². The Kier molecular flexibility index (Phi) is 8.94. The molecule has 2 aliphatic heterocycles. The second kappa shape index (κ2) is 12.8. The number of sulfonamides is 1. The van der Waals surface area contributed by atoms with E-state index in [4.69, 9.17) is 10.5 Å². The number of nitrogens with one attached hydrogen (secondary N) is 3. The third kappa shape index (κ3) is 6.27. The SMILES string of the molecule is NCCCC(=O)NS(=O)(=O)c1ccc(N2CCN(C3(c4ccc(Oc5ccccc5)cc4)C(=O)NC(=O)NC3=O)CC2)cc1. The molecule has 0 unspecified atom stereocenters. The summed E-state index contributed by atoms with van der Waals surface area (Å²) in [6, 6.07) is 20.9. The van der Waals surface area contributed by atoms with E-state index in [1.165, 1.54) is 12.1 Å². The van der Waals surface area contributed by atoms with Crippen molar-refractivity contribution >= 4 is 39.5 Å². The van der Waals surface area contributed by atoms with Gasteiger partial charge in [-0.25, -0.2) is 17.9 Å². The molecule has 5 N–H and O–H groups in total. The molecular weight excluding hydrogens is 588 g/mol. The largest absolute Gasteiger partial charge is 0.457 e. The summed E-state index contributed by atoms with van der Waals surface area (Å²) in [7, 11) is -4.03. The maximum Gasteiger partial charge on any atom is 0.328 e. The molecule has 3 aromatic rings. The molecule has 5 amide bonds. The van der Waals surface area contributed by atoms with Crippen LogP contribution in [0.3, 0.4) is 0 Å². The number of amides is 5. The molecule has 0 aromatic heterocycles. The summed E-state index contributed by atoms with van der Waals surface area (Å²) in [5.74, 6) is -0.990. The fourth-order valence-electron chi connectivity index (χ4n) is 5.30. The first-order valence-corrected chi connectivity index (χ1v) is 15.5. The van der Waals surface area contributed by atoms with E-state index < -0.39 is 39.3 Å². The minimum atomic E-state index is -4.03. The van der Waals surface area contributed by atoms with Crippen LogP contribution in [0.25, 0.3) is 0 Å². The summed E-state index contributed by atoms with van der Waals surface area (Å²) in [6.07, 6.45) is 0.385. The van der Waals surface area contributed by atoms with Crippen LogP contribution in [0.1, 0.15) is 18.4 Å². The Morgan fingerprint density at radius 2 is 1.43 bits per heavy atom. The highest BCUT2D eigenvalue weighted by atomic mass is 32.2. The van der Waals surface area contributed by atoms with Gasteiger partial charge in [-0.15, -0.1) is 0 Å². The number of piperazine rings is 1. The summed E-state index contributed by atoms with van der Waals surface area (Å²) in [6.45, 7) is 1.61. The van der Waals surface area contributed by atoms with Gasteiger partial charge in [0.05, 0.1) is 4.90 Å². The number of ether oxygens (including phenoxy) is 1. The fourth-order valence-corrected chi connectivity index (χ4v) is 6.31. The summed E-state index contributed by atoms with van der Waals surface area (Å²) < 4.78 is 33.1. The van der Waals surface area contributed by atoms with Crippen LogP contribution in [0.5, 0.6) is 11.5 Å². The van der Waals surface area contributed by atoms with Crippen molar-refractivity contribution in [1.29, 1.82) is 0 Å². The highest BCUT2D eigenvalue weighted by Crippen LogP contribution is 2.35. The zero-order chi connectivity index (χ0) is 31.3. The fraction of sp³-hybridized carbons (Fsp3) is 0.267. The predicted molar refractivity (Wildman–Crippen MR) is 160 cm³/mol. The average Bonchev–Trinajstić information content (AvgIpc) is 3.01. The van der Waals surface area contributed by atoms with E-state index in [-0.39, 0.29) is 31.0 Å². The molecular formula is C30H32N6O7S. The molecule has 2 heterocycles. The molecule has 44 heavy (non-hydrogen) atoms. The van der Waals surface area contributed by atoms with Gasteiger partial charge in [-0.05, 0) is 67.1 Å². The molecule has 0 atom stereocenters. The number of carbonyl (C=O) groups is 4. The minimum absolute atomic E-state index is 0.00932. The number of barbiturate groups is 1. The molecule has 2 fully saturated rings. The molecule has 14 heteroatoms. The third-order valence-electron chi connectivity index (χ3n) is 7.48. The molecule has 2 aliphatic rings. The lowest BCUT2D eigenvalue weighted by atomic mass is 9.84. The monoisotopic (exact) mass is 620 g/mol. The van der Waals surface area contributed by atoms with Crippen LogP contribution < -0.4 is 30.7 Å². The van der Waals surface area contributed by atoms with Crippen molar-refractivity contribution in [2.24, 2.45) is 5.73 Å². The van der Waals surface area contributed by atoms with Gasteiger partial charge in [-0.2, -0.15) is 0 Å². The van der Waals surface area contributed by atoms with Crippen LogP contribution in [0.2, 0.25) is 0 Å². The Balaban J connectivity index is 1.32. The van der Waals surface area contributed by atoms with E-state index in [0.29, 0.717) is 36.6 Å². The highest BCUT2D eigenvalue weighted by molar-refractivity contribution is 7.90. The van der Waals surface area contributed by atoms with Gasteiger partial charge in [0.1, 0.15) is 11.5 Å². The Morgan fingerprint density at radius 1 is 0.841 bits per heavy atom. The molecule has 230 valence electrons. The Morgan fingerprint density at radius 3 is 2.02 bits per heavy atom. The molecule has 5 rings (SSSR count). The molecule has 0 saturated carbocycles. The van der Waals surface area contributed by atoms with Crippen molar-refractivity contribution < 1.29 is 32.3 Å². The molecule has 0 aliphatic carbocycles. The first-order chi connectivity index (χ1) is 21.1. The lowest BCUT2D eigenvalue weighted by molar-refractivity contribution is -0.149. The number of urea groups is 1. The number of carbonyl (C=O) groups excluding carboxylic acids is 4. The number of anilines is 1. The lowest BCUT2D eigenvalue weighted by Crippen LogP contribution is -2.73. The van der Waals surface area contributed by atoms with Crippen LogP contribution >= 0.6 is 0 Å². The van der Waals surface area contributed by atoms with Gasteiger partial charge in [0, 0.05) is 38.3 Å². The van der Waals surface area contributed by atoms with E-state index in [2.05, 4.69) is 10.6 Å². The standard InChI is InChI=1S/C30H32N6O7S/c31-16-4-7-26(37)34-44(41,42)25-14-10-22(11-15-25)35-17-19-36(20-18-35)30(27(38)32-29(40)33-28(30)39)21-8-12-24(13-9-21)43-23-5-2-1-3-6-23/h1-3,5-6,8-15H,4,7,16-20,31H2,(H,34,37)(H2,32,33,38,39,40). The summed E-state index contributed by atoms with van der Waals surface area (Å²) >= 11 is 0. The molecule has 3 aromatic carbocycles. The number of hydrogen-bond donors (Lipinski definition) is 4. The smallest absolute Gasteiger partial charge is 0.328 e. The predicted octanol–water partition coefficient (Wildman–Crippen LogP) is 1.41. The van der Waals surface area contributed by atoms with Crippen molar-refractivity contribution in [3.05, 3.63) is 84.4 Å². The maximum absolute atomic E-state index is 13.5. The van der Waals surface area contributed by atoms with Crippen LogP contribution in [-0.2, 0) is 29.9 Å². The zero-order valence-corrected chi connectivity index (χ0v) is 24.5. The van der Waals surface area contributed by atoms with Crippen LogP contribution in [0, 0.1) is 0 Å². The van der Waals surface area contributed by atoms with Crippen LogP contribution in [0.15, 0.2) is 83.8 Å². The first kappa shape index (κ1) is 30.7. The zero-order valence-electron chi connectivity index (χ0n) is 23.7. The molecule has 0 bridgehead atoms. The van der Waals surface area contributed by atoms with Crippen molar-refractivity contribution in [2.45, 2.75) is 23.3 Å². The van der Waals surface area contributed by atoms with E-state index in [9.17, 15) is 27.6 Å². The van der Waals surface area contributed by atoms with Crippen molar-refractivity contribution in [2.75, 3.05) is 37.6 Å². The molecule has 13 nitrogen and oxygen atoms in total. The summed E-state index contributed by atoms with van der Waals surface area (Å²) in [5.41, 5.74) is 4.68. The van der Waals surface area contributed by atoms with E-state index >= 15 is 0 Å². The topological polar surface area (TPSA) is 180 Å². The molecule has 2 saturated heterocycles. The van der Waals surface area contributed by atoms with Gasteiger partial charge < -0.3 is 15.4 Å². The number of imide groups is 2. The minimum Gasteiger partial charge on any atom is -0.457 e.